The molecular weight excluding hydrogens is 296 g/mol. The van der Waals surface area contributed by atoms with E-state index in [1.54, 1.807) is 0 Å². The van der Waals surface area contributed by atoms with E-state index in [0.717, 1.165) is 11.8 Å². The highest BCUT2D eigenvalue weighted by Crippen LogP contribution is 2.44. The fourth-order valence-corrected chi connectivity index (χ4v) is 3.50. The quantitative estimate of drug-likeness (QED) is 0.702. The fourth-order valence-electron chi connectivity index (χ4n) is 3.09. The van der Waals surface area contributed by atoms with Crippen LogP contribution in [0.2, 0.25) is 0 Å². The van der Waals surface area contributed by atoms with E-state index in [-0.39, 0.29) is 0 Å². The Kier molecular flexibility index (Phi) is 3.74. The highest BCUT2D eigenvalue weighted by molar-refractivity contribution is 9.10. The van der Waals surface area contributed by atoms with Gasteiger partial charge in [-0.15, -0.1) is 0 Å². The van der Waals surface area contributed by atoms with Crippen LogP contribution in [0.1, 0.15) is 35.4 Å². The van der Waals surface area contributed by atoms with Crippen molar-refractivity contribution < 1.29 is 0 Å². The highest BCUT2D eigenvalue weighted by atomic mass is 79.9. The molecule has 2 unspecified atom stereocenters. The number of hydrogen-bond acceptors (Lipinski definition) is 0. The molecule has 3 rings (SSSR count). The van der Waals surface area contributed by atoms with Crippen LogP contribution >= 0.6 is 15.9 Å². The van der Waals surface area contributed by atoms with E-state index in [1.165, 1.54) is 40.4 Å². The maximum absolute atomic E-state index is 3.59. The van der Waals surface area contributed by atoms with Gasteiger partial charge in [-0.05, 0) is 66.8 Å². The first-order chi connectivity index (χ1) is 9.24. The van der Waals surface area contributed by atoms with Crippen LogP contribution in [0.3, 0.4) is 0 Å². The van der Waals surface area contributed by atoms with Crippen molar-refractivity contribution in [2.24, 2.45) is 5.92 Å². The molecule has 0 aliphatic heterocycles. The molecule has 2 aromatic carbocycles. The second-order valence-corrected chi connectivity index (χ2v) is 6.55. The molecule has 1 aliphatic carbocycles. The Hall–Kier alpha value is -1.08. The maximum atomic E-state index is 3.59. The van der Waals surface area contributed by atoms with Crippen molar-refractivity contribution in [2.45, 2.75) is 32.1 Å². The van der Waals surface area contributed by atoms with E-state index in [1.807, 2.05) is 0 Å². The lowest BCUT2D eigenvalue weighted by molar-refractivity contribution is 0.253. The predicted octanol–water partition coefficient (Wildman–Crippen LogP) is 5.49. The number of benzene rings is 2. The number of aryl methyl sites for hydroxylation is 1. The molecule has 0 amide bonds. The Morgan fingerprint density at radius 1 is 1.05 bits per heavy atom. The van der Waals surface area contributed by atoms with Gasteiger partial charge in [0.25, 0.3) is 0 Å². The standard InChI is InChI=1S/C18H19Br/c1-13-7-9-17(19)12-16(13)11-15-8-10-18(15)14-5-3-2-4-6-14/h2-7,9,12,15,18H,8,10-11H2,1H3. The van der Waals surface area contributed by atoms with Crippen LogP contribution in [0, 0.1) is 12.8 Å². The molecule has 1 fully saturated rings. The van der Waals surface area contributed by atoms with Gasteiger partial charge in [0.2, 0.25) is 0 Å². The molecule has 0 saturated heterocycles. The summed E-state index contributed by atoms with van der Waals surface area (Å²) in [7, 11) is 0. The van der Waals surface area contributed by atoms with E-state index >= 15 is 0 Å². The summed E-state index contributed by atoms with van der Waals surface area (Å²) in [6, 6.07) is 17.6. The van der Waals surface area contributed by atoms with Crippen molar-refractivity contribution in [3.63, 3.8) is 0 Å². The van der Waals surface area contributed by atoms with Crippen LogP contribution < -0.4 is 0 Å². The van der Waals surface area contributed by atoms with Gasteiger partial charge in [-0.1, -0.05) is 52.3 Å². The zero-order valence-corrected chi connectivity index (χ0v) is 12.9. The molecular formula is C18H19Br. The normalized spacial score (nSPS) is 22.0. The summed E-state index contributed by atoms with van der Waals surface area (Å²) in [6.07, 6.45) is 3.93. The minimum atomic E-state index is 0.764. The molecule has 0 nitrogen and oxygen atoms in total. The molecule has 1 heteroatoms. The molecule has 2 atom stereocenters. The molecule has 0 spiro atoms. The van der Waals surface area contributed by atoms with Crippen molar-refractivity contribution in [1.29, 1.82) is 0 Å². The van der Waals surface area contributed by atoms with Gasteiger partial charge in [0, 0.05) is 4.47 Å². The van der Waals surface area contributed by atoms with E-state index < -0.39 is 0 Å². The Bertz CT molecular complexity index is 559. The topological polar surface area (TPSA) is 0 Å². The molecule has 19 heavy (non-hydrogen) atoms. The van der Waals surface area contributed by atoms with Crippen molar-refractivity contribution >= 4 is 15.9 Å². The van der Waals surface area contributed by atoms with Crippen LogP contribution in [0.15, 0.2) is 53.0 Å². The first kappa shape index (κ1) is 12.9. The van der Waals surface area contributed by atoms with Crippen LogP contribution in [0.4, 0.5) is 0 Å². The molecule has 2 aromatic rings. The summed E-state index contributed by atoms with van der Waals surface area (Å²) in [5.74, 6) is 1.58. The van der Waals surface area contributed by atoms with Gasteiger partial charge in [-0.3, -0.25) is 0 Å². The summed E-state index contributed by atoms with van der Waals surface area (Å²) in [5.41, 5.74) is 4.44. The third-order valence-corrected chi connectivity index (χ3v) is 4.93. The fraction of sp³-hybridized carbons (Fsp3) is 0.333. The second-order valence-electron chi connectivity index (χ2n) is 5.63. The van der Waals surface area contributed by atoms with Gasteiger partial charge in [-0.25, -0.2) is 0 Å². The lowest BCUT2D eigenvalue weighted by atomic mass is 9.67. The maximum Gasteiger partial charge on any atom is 0.0178 e. The highest BCUT2D eigenvalue weighted by Gasteiger charge is 2.32. The summed E-state index contributed by atoms with van der Waals surface area (Å²) in [4.78, 5) is 0. The van der Waals surface area contributed by atoms with Crippen molar-refractivity contribution in [1.82, 2.24) is 0 Å². The molecule has 1 saturated carbocycles. The first-order valence-corrected chi connectivity index (χ1v) is 7.83. The summed E-state index contributed by atoms with van der Waals surface area (Å²) >= 11 is 3.59. The Balaban J connectivity index is 1.76. The van der Waals surface area contributed by atoms with Crippen LogP contribution in [-0.4, -0.2) is 0 Å². The second kappa shape index (κ2) is 5.50. The van der Waals surface area contributed by atoms with Crippen molar-refractivity contribution in [2.75, 3.05) is 0 Å². The van der Waals surface area contributed by atoms with Crippen LogP contribution in [0.5, 0.6) is 0 Å². The average molecular weight is 315 g/mol. The van der Waals surface area contributed by atoms with Gasteiger partial charge in [0.1, 0.15) is 0 Å². The number of halogens is 1. The summed E-state index contributed by atoms with van der Waals surface area (Å²) in [6.45, 7) is 2.22. The number of hydrogen-bond donors (Lipinski definition) is 0. The van der Waals surface area contributed by atoms with Gasteiger partial charge in [0.05, 0.1) is 0 Å². The van der Waals surface area contributed by atoms with Gasteiger partial charge >= 0.3 is 0 Å². The van der Waals surface area contributed by atoms with Gasteiger partial charge < -0.3 is 0 Å². The Morgan fingerprint density at radius 2 is 1.84 bits per heavy atom. The zero-order valence-electron chi connectivity index (χ0n) is 11.3. The third-order valence-electron chi connectivity index (χ3n) is 4.44. The third kappa shape index (κ3) is 2.76. The van der Waals surface area contributed by atoms with Crippen molar-refractivity contribution in [3.8, 4) is 0 Å². The minimum Gasteiger partial charge on any atom is -0.0622 e. The van der Waals surface area contributed by atoms with Gasteiger partial charge in [-0.2, -0.15) is 0 Å². The van der Waals surface area contributed by atoms with Crippen LogP contribution in [-0.2, 0) is 6.42 Å². The van der Waals surface area contributed by atoms with E-state index in [4.69, 9.17) is 0 Å². The zero-order chi connectivity index (χ0) is 13.2. The Morgan fingerprint density at radius 3 is 2.53 bits per heavy atom. The van der Waals surface area contributed by atoms with Crippen molar-refractivity contribution in [3.05, 3.63) is 69.7 Å². The number of rotatable bonds is 3. The first-order valence-electron chi connectivity index (χ1n) is 7.04. The molecule has 0 heterocycles. The Labute approximate surface area is 124 Å². The summed E-state index contributed by atoms with van der Waals surface area (Å²) in [5, 5.41) is 0. The lowest BCUT2D eigenvalue weighted by Gasteiger charge is -2.37. The van der Waals surface area contributed by atoms with E-state index in [9.17, 15) is 0 Å². The minimum absolute atomic E-state index is 0.764. The molecule has 0 bridgehead atoms. The van der Waals surface area contributed by atoms with E-state index in [2.05, 4.69) is 71.4 Å². The molecule has 1 aliphatic rings. The predicted molar refractivity (Wildman–Crippen MR) is 84.5 cm³/mol. The molecule has 0 aromatic heterocycles. The molecule has 98 valence electrons. The summed E-state index contributed by atoms with van der Waals surface area (Å²) < 4.78 is 1.20. The van der Waals surface area contributed by atoms with E-state index in [0.29, 0.717) is 0 Å². The monoisotopic (exact) mass is 314 g/mol. The molecule has 0 radical (unpaired) electrons. The van der Waals surface area contributed by atoms with Gasteiger partial charge in [0.15, 0.2) is 0 Å². The smallest absolute Gasteiger partial charge is 0.0178 e. The van der Waals surface area contributed by atoms with Crippen LogP contribution in [0.25, 0.3) is 0 Å². The molecule has 0 N–H and O–H groups in total. The SMILES string of the molecule is Cc1ccc(Br)cc1CC1CCC1c1ccccc1. The lowest BCUT2D eigenvalue weighted by Crippen LogP contribution is -2.26. The average Bonchev–Trinajstić information content (AvgIpc) is 2.40. The largest absolute Gasteiger partial charge is 0.0622 e.